The number of fused-ring (bicyclic) bond motifs is 8. The van der Waals surface area contributed by atoms with Crippen LogP contribution < -0.4 is 4.74 Å². The Morgan fingerprint density at radius 3 is 2.32 bits per heavy atom. The van der Waals surface area contributed by atoms with Gasteiger partial charge in [-0.1, -0.05) is 97.4 Å². The second-order valence-electron chi connectivity index (χ2n) is 15.9. The van der Waals surface area contributed by atoms with Crippen molar-refractivity contribution in [1.29, 1.82) is 0 Å². The minimum Gasteiger partial charge on any atom is -0.406 e. The summed E-state index contributed by atoms with van der Waals surface area (Å²) in [5.74, 6) is -0.731. The highest BCUT2D eigenvalue weighted by Crippen LogP contribution is 2.59. The lowest BCUT2D eigenvalue weighted by Gasteiger charge is -2.46. The molecule has 5 atom stereocenters. The summed E-state index contributed by atoms with van der Waals surface area (Å²) in [7, 11) is 0. The molecule has 298 valence electrons. The molecular weight excluding hydrogens is 720 g/mol. The first-order valence-electron chi connectivity index (χ1n) is 19.4. The van der Waals surface area contributed by atoms with Gasteiger partial charge in [0.05, 0.1) is 24.4 Å². The number of ether oxygens (including phenoxy) is 1. The summed E-state index contributed by atoms with van der Waals surface area (Å²) in [4.78, 5) is 16.4. The number of hydrogen-bond acceptors (Lipinski definition) is 7. The molecule has 4 aromatic rings. The fraction of sp³-hybridized carbons (Fsp3) is 0.413. The van der Waals surface area contributed by atoms with Crippen LogP contribution in [-0.2, 0) is 13.0 Å². The number of aliphatic hydroxyl groups excluding tert-OH is 3. The monoisotopic (exact) mass is 771 g/mol. The summed E-state index contributed by atoms with van der Waals surface area (Å²) < 4.78 is 42.5. The van der Waals surface area contributed by atoms with Crippen LogP contribution in [0.4, 0.5) is 13.2 Å². The minimum absolute atomic E-state index is 0.0130. The van der Waals surface area contributed by atoms with Gasteiger partial charge in [-0.2, -0.15) is 0 Å². The molecule has 4 aromatic carbocycles. The predicted octanol–water partition coefficient (Wildman–Crippen LogP) is 8.38. The van der Waals surface area contributed by atoms with Gasteiger partial charge in [0.15, 0.2) is 5.78 Å². The third kappa shape index (κ3) is 9.79. The van der Waals surface area contributed by atoms with E-state index in [4.69, 9.17) is 0 Å². The van der Waals surface area contributed by atoms with Crippen LogP contribution in [0.5, 0.6) is 5.75 Å². The Morgan fingerprint density at radius 1 is 0.946 bits per heavy atom. The first-order chi connectivity index (χ1) is 26.7. The number of rotatable bonds is 11. The Labute approximate surface area is 327 Å². The van der Waals surface area contributed by atoms with Crippen molar-refractivity contribution in [3.63, 3.8) is 0 Å². The molecule has 3 aliphatic rings. The number of carbonyl (C=O) groups excluding carboxylic acids is 1. The maximum atomic E-state index is 14.6. The first kappa shape index (κ1) is 41.3. The van der Waals surface area contributed by atoms with Crippen LogP contribution >= 0.6 is 0 Å². The molecule has 0 amide bonds. The van der Waals surface area contributed by atoms with Crippen LogP contribution in [0.3, 0.4) is 0 Å². The molecule has 10 heteroatoms. The Bertz CT molecular complexity index is 1970. The van der Waals surface area contributed by atoms with E-state index in [1.165, 1.54) is 24.3 Å². The first-order valence-corrected chi connectivity index (χ1v) is 19.4. The van der Waals surface area contributed by atoms with Crippen molar-refractivity contribution >= 4 is 5.78 Å². The second-order valence-corrected chi connectivity index (χ2v) is 15.9. The Kier molecular flexibility index (Phi) is 12.9. The number of benzene rings is 4. The average molecular weight is 772 g/mol. The highest BCUT2D eigenvalue weighted by molar-refractivity contribution is 6.10. The van der Waals surface area contributed by atoms with Crippen molar-refractivity contribution in [3.8, 4) is 16.9 Å². The van der Waals surface area contributed by atoms with Gasteiger partial charge in [0, 0.05) is 36.2 Å². The number of aliphatic hydroxyl groups is 4. The molecule has 0 aliphatic heterocycles. The lowest BCUT2D eigenvalue weighted by atomic mass is 9.64. The number of alkyl halides is 3. The van der Waals surface area contributed by atoms with Crippen molar-refractivity contribution in [3.05, 3.63) is 137 Å². The predicted molar refractivity (Wildman–Crippen MR) is 210 cm³/mol. The summed E-state index contributed by atoms with van der Waals surface area (Å²) in [5.41, 5.74) is 4.50. The summed E-state index contributed by atoms with van der Waals surface area (Å²) in [5, 5.41) is 44.3. The molecule has 7 rings (SSSR count). The Morgan fingerprint density at radius 2 is 1.64 bits per heavy atom. The molecule has 7 nitrogen and oxygen atoms in total. The van der Waals surface area contributed by atoms with E-state index in [-0.39, 0.29) is 37.1 Å². The fourth-order valence-electron chi connectivity index (χ4n) is 8.76. The van der Waals surface area contributed by atoms with Crippen LogP contribution in [-0.4, -0.2) is 75.0 Å². The van der Waals surface area contributed by atoms with Gasteiger partial charge >= 0.3 is 6.36 Å². The topological polar surface area (TPSA) is 110 Å². The SMILES string of the molecule is CC1=CCCC2(C)C(CCC2(O)CN(Cc2ccc(OC(F)(F)F)cc2)CC(O)CO)c2ccc(cc2C(=O)c2ccc(-c3ccccc3)cc2)CC(O)CC1. The summed E-state index contributed by atoms with van der Waals surface area (Å²) >= 11 is 0. The zero-order valence-corrected chi connectivity index (χ0v) is 32.0. The fourth-order valence-corrected chi connectivity index (χ4v) is 8.76. The van der Waals surface area contributed by atoms with Crippen LogP contribution in [0.1, 0.15) is 90.9 Å². The molecule has 5 unspecified atom stereocenters. The molecular formula is C46H52F3NO6. The number of hydrogen-bond donors (Lipinski definition) is 4. The van der Waals surface area contributed by atoms with Crippen LogP contribution in [0.2, 0.25) is 0 Å². The molecule has 4 N–H and O–H groups in total. The molecule has 56 heavy (non-hydrogen) atoms. The Hall–Kier alpha value is -4.32. The molecule has 0 spiro atoms. The van der Waals surface area contributed by atoms with E-state index in [1.54, 1.807) is 0 Å². The molecule has 1 fully saturated rings. The van der Waals surface area contributed by atoms with E-state index in [1.807, 2.05) is 77.7 Å². The van der Waals surface area contributed by atoms with Gasteiger partial charge in [0.2, 0.25) is 0 Å². The van der Waals surface area contributed by atoms with Crippen molar-refractivity contribution in [1.82, 2.24) is 4.90 Å². The van der Waals surface area contributed by atoms with E-state index >= 15 is 0 Å². The lowest BCUT2D eigenvalue weighted by Crippen LogP contribution is -2.53. The van der Waals surface area contributed by atoms with Gasteiger partial charge in [-0.3, -0.25) is 9.69 Å². The minimum atomic E-state index is -4.82. The van der Waals surface area contributed by atoms with Crippen molar-refractivity contribution in [2.75, 3.05) is 19.7 Å². The normalized spacial score (nSPS) is 23.6. The zero-order valence-electron chi connectivity index (χ0n) is 32.0. The maximum absolute atomic E-state index is 14.6. The van der Waals surface area contributed by atoms with Crippen molar-refractivity contribution < 1.29 is 43.1 Å². The van der Waals surface area contributed by atoms with Crippen LogP contribution in [0.25, 0.3) is 11.1 Å². The van der Waals surface area contributed by atoms with E-state index in [0.717, 1.165) is 27.8 Å². The largest absolute Gasteiger partial charge is 0.573 e. The zero-order chi connectivity index (χ0) is 40.1. The van der Waals surface area contributed by atoms with Gasteiger partial charge in [0.1, 0.15) is 5.75 Å². The molecule has 3 aliphatic carbocycles. The molecule has 0 heterocycles. The smallest absolute Gasteiger partial charge is 0.406 e. The standard InChI is InChI=1S/C46H52F3NO6/c1-31-7-6-23-44(2)42(22-24-45(44,55)30-50(28-38(53)29-51)27-32-11-19-39(20-12-32)56-46(47,48)49)40-21-13-33(25-37(52)18-10-31)26-41(40)43(54)36-16-14-35(15-17-36)34-8-4-3-5-9-34/h3-5,7-9,11-17,19-21,26,37-38,42,51-53,55H,6,10,18,22-25,27-30H2,1-2H3. The number of ketones is 1. The lowest BCUT2D eigenvalue weighted by molar-refractivity contribution is -0.274. The average Bonchev–Trinajstić information content (AvgIpc) is 3.42. The van der Waals surface area contributed by atoms with Gasteiger partial charge < -0.3 is 25.2 Å². The van der Waals surface area contributed by atoms with E-state index in [2.05, 4.69) is 24.7 Å². The molecule has 0 saturated heterocycles. The third-order valence-electron chi connectivity index (χ3n) is 11.9. The van der Waals surface area contributed by atoms with Gasteiger partial charge in [0.25, 0.3) is 0 Å². The van der Waals surface area contributed by atoms with Crippen molar-refractivity contribution in [2.24, 2.45) is 5.41 Å². The maximum Gasteiger partial charge on any atom is 0.573 e. The number of allylic oxidation sites excluding steroid dienone is 2. The summed E-state index contributed by atoms with van der Waals surface area (Å²) in [6, 6.07) is 28.9. The van der Waals surface area contributed by atoms with Gasteiger partial charge in [-0.15, -0.1) is 13.2 Å². The summed E-state index contributed by atoms with van der Waals surface area (Å²) in [6.45, 7) is 3.93. The highest BCUT2D eigenvalue weighted by Gasteiger charge is 2.57. The van der Waals surface area contributed by atoms with E-state index in [9.17, 15) is 38.4 Å². The molecule has 1 saturated carbocycles. The summed E-state index contributed by atoms with van der Waals surface area (Å²) in [6.07, 6.45) is -0.471. The van der Waals surface area contributed by atoms with Crippen LogP contribution in [0.15, 0.2) is 109 Å². The molecule has 2 bridgehead atoms. The second kappa shape index (κ2) is 17.4. The molecule has 0 aromatic heterocycles. The van der Waals surface area contributed by atoms with E-state index in [0.29, 0.717) is 61.6 Å². The van der Waals surface area contributed by atoms with Crippen LogP contribution in [0, 0.1) is 5.41 Å². The number of halogens is 3. The Balaban J connectivity index is 1.37. The van der Waals surface area contributed by atoms with Gasteiger partial charge in [-0.25, -0.2) is 0 Å². The van der Waals surface area contributed by atoms with Gasteiger partial charge in [-0.05, 0) is 104 Å². The quantitative estimate of drug-likeness (QED) is 0.0897. The number of nitrogens with zero attached hydrogens (tertiary/aromatic N) is 1. The third-order valence-corrected chi connectivity index (χ3v) is 11.9. The van der Waals surface area contributed by atoms with E-state index < -0.39 is 36.2 Å². The highest BCUT2D eigenvalue weighted by atomic mass is 19.4. The number of carbonyl (C=O) groups is 1. The van der Waals surface area contributed by atoms with Crippen molar-refractivity contribution in [2.45, 2.75) is 95.4 Å². The molecule has 0 radical (unpaired) electrons.